The third-order valence-electron chi connectivity index (χ3n) is 4.86. The summed E-state index contributed by atoms with van der Waals surface area (Å²) in [6.45, 7) is 2.25. The van der Waals surface area contributed by atoms with Gasteiger partial charge in [0.25, 0.3) is 0 Å². The molecule has 25 heavy (non-hydrogen) atoms. The molecule has 0 N–H and O–H groups in total. The van der Waals surface area contributed by atoms with Gasteiger partial charge >= 0.3 is 5.97 Å². The number of benzene rings is 2. The lowest BCUT2D eigenvalue weighted by Gasteiger charge is -2.33. The summed E-state index contributed by atoms with van der Waals surface area (Å²) in [4.78, 5) is 12.6. The Morgan fingerprint density at radius 3 is 2.40 bits per heavy atom. The van der Waals surface area contributed by atoms with Gasteiger partial charge in [-0.25, -0.2) is 0 Å². The van der Waals surface area contributed by atoms with Gasteiger partial charge in [0.2, 0.25) is 0 Å². The normalized spacial score (nSPS) is 19.0. The lowest BCUT2D eigenvalue weighted by Crippen LogP contribution is -2.30. The Labute approximate surface area is 148 Å². The first kappa shape index (κ1) is 17.3. The zero-order valence-corrected chi connectivity index (χ0v) is 15.0. The Kier molecular flexibility index (Phi) is 5.27. The maximum Gasteiger partial charge on any atom is 0.309 e. The summed E-state index contributed by atoms with van der Waals surface area (Å²) in [5.74, 6) is 1.06. The number of hydrogen-bond acceptors (Lipinski definition) is 4. The van der Waals surface area contributed by atoms with Gasteiger partial charge in [0, 0.05) is 5.92 Å². The Morgan fingerprint density at radius 2 is 1.76 bits per heavy atom. The summed E-state index contributed by atoms with van der Waals surface area (Å²) in [5, 5.41) is 0. The minimum Gasteiger partial charge on any atom is -0.493 e. The molecule has 0 spiro atoms. The van der Waals surface area contributed by atoms with E-state index in [2.05, 4.69) is 12.1 Å². The quantitative estimate of drug-likeness (QED) is 0.773. The molecule has 1 aliphatic rings. The molecule has 0 saturated carbocycles. The van der Waals surface area contributed by atoms with Crippen molar-refractivity contribution in [1.82, 2.24) is 0 Å². The van der Waals surface area contributed by atoms with E-state index in [0.717, 1.165) is 29.7 Å². The number of carbonyl (C=O) groups is 1. The van der Waals surface area contributed by atoms with Crippen LogP contribution in [0.2, 0.25) is 0 Å². The van der Waals surface area contributed by atoms with Crippen molar-refractivity contribution in [2.24, 2.45) is 5.92 Å². The van der Waals surface area contributed by atoms with Crippen LogP contribution < -0.4 is 9.47 Å². The minimum atomic E-state index is -0.187. The lowest BCUT2D eigenvalue weighted by atomic mass is 9.71. The van der Waals surface area contributed by atoms with Crippen LogP contribution >= 0.6 is 0 Å². The summed E-state index contributed by atoms with van der Waals surface area (Å²) in [6, 6.07) is 14.2. The number of hydrogen-bond donors (Lipinski definition) is 0. The largest absolute Gasteiger partial charge is 0.493 e. The number of carbonyl (C=O) groups excluding carboxylic acids is 1. The second-order valence-electron chi connectivity index (χ2n) is 6.19. The zero-order chi connectivity index (χ0) is 17.8. The van der Waals surface area contributed by atoms with Crippen molar-refractivity contribution in [2.75, 3.05) is 20.8 Å². The van der Waals surface area contributed by atoms with Gasteiger partial charge in [-0.15, -0.1) is 0 Å². The Bertz CT molecular complexity index is 739. The average molecular weight is 340 g/mol. The molecule has 0 radical (unpaired) electrons. The molecule has 132 valence electrons. The zero-order valence-electron chi connectivity index (χ0n) is 15.0. The van der Waals surface area contributed by atoms with Crippen molar-refractivity contribution >= 4 is 5.97 Å². The Morgan fingerprint density at radius 1 is 1.08 bits per heavy atom. The van der Waals surface area contributed by atoms with Gasteiger partial charge in [-0.2, -0.15) is 0 Å². The molecule has 2 aromatic carbocycles. The van der Waals surface area contributed by atoms with E-state index in [1.54, 1.807) is 14.2 Å². The highest BCUT2D eigenvalue weighted by atomic mass is 16.5. The number of rotatable bonds is 5. The van der Waals surface area contributed by atoms with Gasteiger partial charge in [-0.1, -0.05) is 30.3 Å². The van der Waals surface area contributed by atoms with E-state index < -0.39 is 0 Å². The topological polar surface area (TPSA) is 44.8 Å². The van der Waals surface area contributed by atoms with Gasteiger partial charge in [0.05, 0.1) is 26.7 Å². The van der Waals surface area contributed by atoms with Crippen LogP contribution in [0.1, 0.15) is 36.0 Å². The molecular formula is C21H24O4. The van der Waals surface area contributed by atoms with E-state index in [1.807, 2.05) is 37.3 Å². The SMILES string of the molecule is CCOC(=O)[C@@H]1CCc2cc(OC)c(OC)cc2[C@H]1c1ccccc1. The molecular weight excluding hydrogens is 316 g/mol. The molecule has 4 heteroatoms. The van der Waals surface area contributed by atoms with E-state index in [1.165, 1.54) is 5.56 Å². The van der Waals surface area contributed by atoms with Gasteiger partial charge in [-0.05, 0) is 48.6 Å². The first-order chi connectivity index (χ1) is 12.2. The minimum absolute atomic E-state index is 0.0381. The highest BCUT2D eigenvalue weighted by Crippen LogP contribution is 2.45. The summed E-state index contributed by atoms with van der Waals surface area (Å²) < 4.78 is 16.3. The van der Waals surface area contributed by atoms with Crippen molar-refractivity contribution in [3.8, 4) is 11.5 Å². The number of aryl methyl sites for hydroxylation is 1. The third-order valence-corrected chi connectivity index (χ3v) is 4.86. The van der Waals surface area contributed by atoms with Crippen molar-refractivity contribution in [3.63, 3.8) is 0 Å². The summed E-state index contributed by atoms with van der Waals surface area (Å²) in [5.41, 5.74) is 3.44. The molecule has 4 nitrogen and oxygen atoms in total. The molecule has 0 bridgehead atoms. The third kappa shape index (κ3) is 3.34. The molecule has 2 aromatic rings. The maximum absolute atomic E-state index is 12.6. The molecule has 0 aromatic heterocycles. The van der Waals surface area contributed by atoms with Gasteiger partial charge < -0.3 is 14.2 Å². The van der Waals surface area contributed by atoms with Crippen LogP contribution in [0.3, 0.4) is 0 Å². The van der Waals surface area contributed by atoms with E-state index in [4.69, 9.17) is 14.2 Å². The number of fused-ring (bicyclic) bond motifs is 1. The van der Waals surface area contributed by atoms with Gasteiger partial charge in [0.15, 0.2) is 11.5 Å². The maximum atomic E-state index is 12.6. The van der Waals surface area contributed by atoms with Crippen molar-refractivity contribution in [2.45, 2.75) is 25.7 Å². The molecule has 1 aliphatic carbocycles. The summed E-state index contributed by atoms with van der Waals surface area (Å²) in [6.07, 6.45) is 1.59. The summed E-state index contributed by atoms with van der Waals surface area (Å²) >= 11 is 0. The standard InChI is InChI=1S/C21H24O4/c1-4-25-21(22)16-11-10-15-12-18(23-2)19(24-3)13-17(15)20(16)14-8-6-5-7-9-14/h5-9,12-13,16,20H,4,10-11H2,1-3H3/t16-,20+/m1/s1. The second kappa shape index (κ2) is 7.60. The number of methoxy groups -OCH3 is 2. The van der Waals surface area contributed by atoms with E-state index >= 15 is 0 Å². The molecule has 0 aliphatic heterocycles. The summed E-state index contributed by atoms with van der Waals surface area (Å²) in [7, 11) is 3.27. The van der Waals surface area contributed by atoms with Crippen molar-refractivity contribution in [1.29, 1.82) is 0 Å². The van der Waals surface area contributed by atoms with Crippen LogP contribution in [0.5, 0.6) is 11.5 Å². The van der Waals surface area contributed by atoms with Crippen LogP contribution in [-0.2, 0) is 16.0 Å². The lowest BCUT2D eigenvalue weighted by molar-refractivity contribution is -0.149. The second-order valence-corrected chi connectivity index (χ2v) is 6.19. The van der Waals surface area contributed by atoms with Crippen LogP contribution in [0.15, 0.2) is 42.5 Å². The average Bonchev–Trinajstić information content (AvgIpc) is 2.66. The Hall–Kier alpha value is -2.49. The van der Waals surface area contributed by atoms with Gasteiger partial charge in [-0.3, -0.25) is 4.79 Å². The molecule has 2 atom stereocenters. The smallest absolute Gasteiger partial charge is 0.309 e. The molecule has 0 unspecified atom stereocenters. The van der Waals surface area contributed by atoms with Crippen LogP contribution in [-0.4, -0.2) is 26.8 Å². The fourth-order valence-corrected chi connectivity index (χ4v) is 3.71. The molecule has 0 heterocycles. The number of ether oxygens (including phenoxy) is 3. The van der Waals surface area contributed by atoms with Crippen LogP contribution in [0.25, 0.3) is 0 Å². The highest BCUT2D eigenvalue weighted by molar-refractivity contribution is 5.75. The van der Waals surface area contributed by atoms with E-state index in [0.29, 0.717) is 12.4 Å². The monoisotopic (exact) mass is 340 g/mol. The van der Waals surface area contributed by atoms with Crippen molar-refractivity contribution < 1.29 is 19.0 Å². The first-order valence-corrected chi connectivity index (χ1v) is 8.66. The fourth-order valence-electron chi connectivity index (χ4n) is 3.71. The van der Waals surface area contributed by atoms with Crippen LogP contribution in [0, 0.1) is 5.92 Å². The fraction of sp³-hybridized carbons (Fsp3) is 0.381. The van der Waals surface area contributed by atoms with Crippen molar-refractivity contribution in [3.05, 3.63) is 59.2 Å². The predicted octanol–water partition coefficient (Wildman–Crippen LogP) is 3.96. The molecule has 0 amide bonds. The molecule has 0 fully saturated rings. The molecule has 0 saturated heterocycles. The van der Waals surface area contributed by atoms with E-state index in [9.17, 15) is 4.79 Å². The van der Waals surface area contributed by atoms with E-state index in [-0.39, 0.29) is 17.8 Å². The number of esters is 1. The van der Waals surface area contributed by atoms with Gasteiger partial charge in [0.1, 0.15) is 0 Å². The van der Waals surface area contributed by atoms with Crippen LogP contribution in [0.4, 0.5) is 0 Å². The Balaban J connectivity index is 2.12. The highest BCUT2D eigenvalue weighted by Gasteiger charge is 2.37. The molecule has 3 rings (SSSR count). The predicted molar refractivity (Wildman–Crippen MR) is 96.3 cm³/mol. The first-order valence-electron chi connectivity index (χ1n) is 8.66.